The number of amides is 2. The summed E-state index contributed by atoms with van der Waals surface area (Å²) in [5.74, 6) is 0.262. The van der Waals surface area contributed by atoms with Gasteiger partial charge in [-0.25, -0.2) is 4.79 Å². The van der Waals surface area contributed by atoms with Crippen LogP contribution in [0.4, 0.5) is 10.5 Å². The molecular weight excluding hydrogens is 296 g/mol. The number of likely N-dealkylation sites (tertiary alicyclic amines) is 1. The summed E-state index contributed by atoms with van der Waals surface area (Å²) in [5, 5.41) is 4.81. The number of para-hydroxylation sites is 1. The molecule has 0 bridgehead atoms. The van der Waals surface area contributed by atoms with E-state index >= 15 is 0 Å². The third-order valence-electron chi connectivity index (χ3n) is 3.94. The van der Waals surface area contributed by atoms with Crippen LogP contribution in [0.1, 0.15) is 22.5 Å². The number of hydrogen-bond acceptors (Lipinski definition) is 3. The summed E-state index contributed by atoms with van der Waals surface area (Å²) in [6, 6.07) is 13.1. The first-order chi connectivity index (χ1) is 10.7. The number of carbonyl (C=O) groups excluding carboxylic acids is 2. The minimum absolute atomic E-state index is 0.0411. The van der Waals surface area contributed by atoms with Gasteiger partial charge in [-0.05, 0) is 36.4 Å². The second kappa shape index (κ2) is 6.75. The summed E-state index contributed by atoms with van der Waals surface area (Å²) < 4.78 is 0. The summed E-state index contributed by atoms with van der Waals surface area (Å²) in [7, 11) is 0. The Balaban J connectivity index is 1.53. The van der Waals surface area contributed by atoms with E-state index in [-0.39, 0.29) is 17.7 Å². The Morgan fingerprint density at radius 2 is 1.77 bits per heavy atom. The van der Waals surface area contributed by atoms with Gasteiger partial charge in [-0.3, -0.25) is 4.79 Å². The van der Waals surface area contributed by atoms with Crippen LogP contribution in [0.5, 0.6) is 0 Å². The molecule has 22 heavy (non-hydrogen) atoms. The molecule has 2 amide bonds. The highest BCUT2D eigenvalue weighted by Gasteiger charge is 2.28. The van der Waals surface area contributed by atoms with Gasteiger partial charge in [0.25, 0.3) is 0 Å². The minimum atomic E-state index is -0.0896. The maximum atomic E-state index is 12.3. The van der Waals surface area contributed by atoms with Crippen LogP contribution in [0, 0.1) is 5.92 Å². The zero-order valence-corrected chi connectivity index (χ0v) is 13.0. The van der Waals surface area contributed by atoms with Gasteiger partial charge in [0.15, 0.2) is 5.78 Å². The highest BCUT2D eigenvalue weighted by molar-refractivity contribution is 7.12. The predicted octanol–water partition coefficient (Wildman–Crippen LogP) is 3.87. The highest BCUT2D eigenvalue weighted by Crippen LogP contribution is 2.24. The van der Waals surface area contributed by atoms with Crippen molar-refractivity contribution in [3.05, 3.63) is 52.7 Å². The molecule has 0 atom stereocenters. The quantitative estimate of drug-likeness (QED) is 0.874. The number of thiophene rings is 1. The van der Waals surface area contributed by atoms with Gasteiger partial charge in [0.1, 0.15) is 0 Å². The molecule has 114 valence electrons. The van der Waals surface area contributed by atoms with Crippen molar-refractivity contribution >= 4 is 28.8 Å². The fourth-order valence-electron chi connectivity index (χ4n) is 2.69. The van der Waals surface area contributed by atoms with Gasteiger partial charge in [-0.2, -0.15) is 0 Å². The Morgan fingerprint density at radius 3 is 2.41 bits per heavy atom. The van der Waals surface area contributed by atoms with Crippen molar-refractivity contribution in [1.29, 1.82) is 0 Å². The van der Waals surface area contributed by atoms with Gasteiger partial charge in [-0.15, -0.1) is 11.3 Å². The molecule has 3 rings (SSSR count). The maximum Gasteiger partial charge on any atom is 0.321 e. The largest absolute Gasteiger partial charge is 0.324 e. The van der Waals surface area contributed by atoms with Crippen molar-refractivity contribution in [2.75, 3.05) is 18.4 Å². The van der Waals surface area contributed by atoms with E-state index in [9.17, 15) is 9.59 Å². The third kappa shape index (κ3) is 3.36. The van der Waals surface area contributed by atoms with Crippen molar-refractivity contribution in [2.45, 2.75) is 12.8 Å². The molecule has 0 saturated carbocycles. The van der Waals surface area contributed by atoms with Crippen molar-refractivity contribution in [3.63, 3.8) is 0 Å². The normalized spacial score (nSPS) is 15.5. The van der Waals surface area contributed by atoms with E-state index in [0.29, 0.717) is 13.1 Å². The number of urea groups is 1. The molecule has 1 aromatic carbocycles. The molecule has 1 aliphatic heterocycles. The standard InChI is InChI=1S/C17H18N2O2S/c20-16(15-7-4-12-22-15)13-8-10-19(11-9-13)17(21)18-14-5-2-1-3-6-14/h1-7,12-13H,8-11H2,(H,18,21). The number of nitrogens with one attached hydrogen (secondary N) is 1. The third-order valence-corrected chi connectivity index (χ3v) is 4.83. The predicted molar refractivity (Wildman–Crippen MR) is 88.4 cm³/mol. The number of carbonyl (C=O) groups is 2. The number of rotatable bonds is 3. The lowest BCUT2D eigenvalue weighted by atomic mass is 9.92. The van der Waals surface area contributed by atoms with Crippen molar-refractivity contribution in [3.8, 4) is 0 Å². The van der Waals surface area contributed by atoms with Gasteiger partial charge >= 0.3 is 6.03 Å². The van der Waals surface area contributed by atoms with Crippen molar-refractivity contribution in [2.24, 2.45) is 5.92 Å². The van der Waals surface area contributed by atoms with Gasteiger partial charge < -0.3 is 10.2 Å². The molecule has 1 aromatic heterocycles. The number of benzene rings is 1. The number of ketones is 1. The average Bonchev–Trinajstić information content (AvgIpc) is 3.10. The van der Waals surface area contributed by atoms with Crippen LogP contribution in [0.25, 0.3) is 0 Å². The Labute approximate surface area is 133 Å². The van der Waals surface area contributed by atoms with Crippen molar-refractivity contribution in [1.82, 2.24) is 4.90 Å². The molecule has 0 aliphatic carbocycles. The van der Waals surface area contributed by atoms with E-state index in [2.05, 4.69) is 5.32 Å². The number of Topliss-reactive ketones (excluding diaryl/α,β-unsaturated/α-hetero) is 1. The second-order valence-electron chi connectivity index (χ2n) is 5.40. The van der Waals surface area contributed by atoms with E-state index < -0.39 is 0 Å². The molecule has 4 nitrogen and oxygen atoms in total. The molecule has 5 heteroatoms. The van der Waals surface area contributed by atoms with E-state index in [1.807, 2.05) is 47.8 Å². The molecule has 1 N–H and O–H groups in total. The molecule has 0 spiro atoms. The summed E-state index contributed by atoms with van der Waals surface area (Å²) in [5.41, 5.74) is 0.796. The van der Waals surface area contributed by atoms with Crippen LogP contribution >= 0.6 is 11.3 Å². The zero-order valence-electron chi connectivity index (χ0n) is 12.2. The zero-order chi connectivity index (χ0) is 15.4. The number of nitrogens with zero attached hydrogens (tertiary/aromatic N) is 1. The Hall–Kier alpha value is -2.14. The molecule has 2 heterocycles. The summed E-state index contributed by atoms with van der Waals surface area (Å²) >= 11 is 1.49. The Bertz CT molecular complexity index is 632. The molecule has 1 aliphatic rings. The van der Waals surface area contributed by atoms with Crippen LogP contribution in [0.15, 0.2) is 47.8 Å². The number of piperidine rings is 1. The van der Waals surface area contributed by atoms with Crippen molar-refractivity contribution < 1.29 is 9.59 Å². The van der Waals surface area contributed by atoms with E-state index in [4.69, 9.17) is 0 Å². The van der Waals surface area contributed by atoms with Crippen LogP contribution in [-0.4, -0.2) is 29.8 Å². The summed E-state index contributed by atoms with van der Waals surface area (Å²) in [6.45, 7) is 1.25. The van der Waals surface area contributed by atoms with Gasteiger partial charge in [-0.1, -0.05) is 24.3 Å². The second-order valence-corrected chi connectivity index (χ2v) is 6.35. The Kier molecular flexibility index (Phi) is 4.53. The van der Waals surface area contributed by atoms with Gasteiger partial charge in [0.2, 0.25) is 0 Å². The first kappa shape index (κ1) is 14.8. The van der Waals surface area contributed by atoms with Gasteiger partial charge in [0.05, 0.1) is 4.88 Å². The lowest BCUT2D eigenvalue weighted by Crippen LogP contribution is -2.42. The Morgan fingerprint density at radius 1 is 1.05 bits per heavy atom. The molecule has 1 saturated heterocycles. The first-order valence-electron chi connectivity index (χ1n) is 7.43. The maximum absolute atomic E-state index is 12.3. The number of anilines is 1. The average molecular weight is 314 g/mol. The van der Waals surface area contributed by atoms with Gasteiger partial charge in [0, 0.05) is 24.7 Å². The SMILES string of the molecule is O=C(c1cccs1)C1CCN(C(=O)Nc2ccccc2)CC1. The fraction of sp³-hybridized carbons (Fsp3) is 0.294. The van der Waals surface area contributed by atoms with Crippen LogP contribution in [0.3, 0.4) is 0 Å². The van der Waals surface area contributed by atoms with E-state index in [0.717, 1.165) is 23.4 Å². The first-order valence-corrected chi connectivity index (χ1v) is 8.30. The summed E-state index contributed by atoms with van der Waals surface area (Å²) in [6.07, 6.45) is 1.47. The molecule has 0 unspecified atom stereocenters. The summed E-state index contributed by atoms with van der Waals surface area (Å²) in [4.78, 5) is 27.1. The monoisotopic (exact) mass is 314 g/mol. The lowest BCUT2D eigenvalue weighted by molar-refractivity contribution is 0.0863. The lowest BCUT2D eigenvalue weighted by Gasteiger charge is -2.31. The van der Waals surface area contributed by atoms with Crippen LogP contribution < -0.4 is 5.32 Å². The molecule has 0 radical (unpaired) electrons. The van der Waals surface area contributed by atoms with Crippen LogP contribution in [0.2, 0.25) is 0 Å². The molecule has 2 aromatic rings. The topological polar surface area (TPSA) is 49.4 Å². The number of hydrogen-bond donors (Lipinski definition) is 1. The molecule has 1 fully saturated rings. The minimum Gasteiger partial charge on any atom is -0.324 e. The van der Waals surface area contributed by atoms with Crippen LogP contribution in [-0.2, 0) is 0 Å². The smallest absolute Gasteiger partial charge is 0.321 e. The fourth-order valence-corrected chi connectivity index (χ4v) is 3.43. The van der Waals surface area contributed by atoms with E-state index in [1.165, 1.54) is 11.3 Å². The molecular formula is C17H18N2O2S. The van der Waals surface area contributed by atoms with E-state index in [1.54, 1.807) is 4.90 Å². The highest BCUT2D eigenvalue weighted by atomic mass is 32.1.